The number of hydrogen-bond donors (Lipinski definition) is 1. The molecule has 118 valence electrons. The third kappa shape index (κ3) is 9.82. The van der Waals surface area contributed by atoms with Gasteiger partial charge in [-0.15, -0.1) is 0 Å². The zero-order chi connectivity index (χ0) is 15.2. The van der Waals surface area contributed by atoms with E-state index in [1.165, 1.54) is 32.8 Å². The fraction of sp³-hybridized carbons (Fsp3) is 0.875. The van der Waals surface area contributed by atoms with E-state index in [0.717, 1.165) is 38.5 Å². The van der Waals surface area contributed by atoms with Crippen molar-refractivity contribution in [1.82, 2.24) is 5.32 Å². The third-order valence-electron chi connectivity index (χ3n) is 3.59. The highest BCUT2D eigenvalue weighted by atomic mass is 16.5. The Morgan fingerprint density at radius 1 is 0.900 bits per heavy atom. The Labute approximate surface area is 123 Å². The second-order valence-corrected chi connectivity index (χ2v) is 5.38. The summed E-state index contributed by atoms with van der Waals surface area (Å²) in [5.74, 6) is -0.229. The van der Waals surface area contributed by atoms with E-state index in [9.17, 15) is 9.59 Å². The van der Waals surface area contributed by atoms with E-state index in [-0.39, 0.29) is 11.8 Å². The number of carbonyl (C=O) groups excluding carboxylic acids is 2. The number of methoxy groups -OCH3 is 1. The minimum atomic E-state index is -0.651. The second kappa shape index (κ2) is 12.9. The van der Waals surface area contributed by atoms with Crippen LogP contribution in [0.25, 0.3) is 0 Å². The number of carbonyl (C=O) groups is 2. The van der Waals surface area contributed by atoms with Crippen LogP contribution in [0.1, 0.15) is 78.1 Å². The van der Waals surface area contributed by atoms with Crippen LogP contribution in [0.4, 0.5) is 4.79 Å². The molecule has 0 aromatic rings. The lowest BCUT2D eigenvalue weighted by molar-refractivity contribution is -0.124. The number of unbranched alkanes of at least 4 members (excludes halogenated alkanes) is 6. The van der Waals surface area contributed by atoms with Crippen LogP contribution in [-0.4, -0.2) is 19.1 Å². The highest BCUT2D eigenvalue weighted by Crippen LogP contribution is 2.18. The molecule has 0 aliphatic heterocycles. The molecular weight excluding hydrogens is 254 g/mol. The average molecular weight is 285 g/mol. The molecule has 2 amide bonds. The fourth-order valence-corrected chi connectivity index (χ4v) is 2.30. The lowest BCUT2D eigenvalue weighted by Gasteiger charge is -2.15. The van der Waals surface area contributed by atoms with E-state index in [2.05, 4.69) is 23.9 Å². The van der Waals surface area contributed by atoms with Gasteiger partial charge in [0.05, 0.1) is 7.11 Å². The molecule has 0 bridgehead atoms. The summed E-state index contributed by atoms with van der Waals surface area (Å²) in [5, 5.41) is 2.31. The van der Waals surface area contributed by atoms with E-state index in [4.69, 9.17) is 0 Å². The molecule has 0 unspecified atom stereocenters. The minimum absolute atomic E-state index is 0.0530. The van der Waals surface area contributed by atoms with E-state index in [0.29, 0.717) is 0 Å². The van der Waals surface area contributed by atoms with Crippen LogP contribution in [0.15, 0.2) is 0 Å². The smallest absolute Gasteiger partial charge is 0.413 e. The number of rotatable bonds is 11. The van der Waals surface area contributed by atoms with E-state index >= 15 is 0 Å². The van der Waals surface area contributed by atoms with Crippen molar-refractivity contribution in [2.75, 3.05) is 7.11 Å². The largest absolute Gasteiger partial charge is 0.453 e. The Morgan fingerprint density at radius 3 is 1.80 bits per heavy atom. The predicted octanol–water partition coefficient (Wildman–Crippen LogP) is 4.43. The van der Waals surface area contributed by atoms with Gasteiger partial charge in [-0.3, -0.25) is 10.1 Å². The summed E-state index contributed by atoms with van der Waals surface area (Å²) >= 11 is 0. The average Bonchev–Trinajstić information content (AvgIpc) is 2.45. The molecule has 0 fully saturated rings. The summed E-state index contributed by atoms with van der Waals surface area (Å²) < 4.78 is 4.49. The minimum Gasteiger partial charge on any atom is -0.453 e. The highest BCUT2D eigenvalue weighted by Gasteiger charge is 2.19. The lowest BCUT2D eigenvalue weighted by Crippen LogP contribution is -2.35. The van der Waals surface area contributed by atoms with Gasteiger partial charge in [-0.05, 0) is 12.8 Å². The third-order valence-corrected chi connectivity index (χ3v) is 3.59. The Balaban J connectivity index is 4.14. The number of alkyl carbamates (subject to hydrolysis) is 1. The van der Waals surface area contributed by atoms with Crippen LogP contribution in [0.5, 0.6) is 0 Å². The lowest BCUT2D eigenvalue weighted by atomic mass is 9.93. The molecule has 0 aliphatic carbocycles. The normalized spacial score (nSPS) is 10.6. The van der Waals surface area contributed by atoms with Crippen LogP contribution >= 0.6 is 0 Å². The topological polar surface area (TPSA) is 55.4 Å². The number of hydrogen-bond acceptors (Lipinski definition) is 3. The van der Waals surface area contributed by atoms with Gasteiger partial charge in [-0.1, -0.05) is 65.2 Å². The first kappa shape index (κ1) is 18.9. The fourth-order valence-electron chi connectivity index (χ4n) is 2.30. The monoisotopic (exact) mass is 285 g/mol. The number of amides is 2. The van der Waals surface area contributed by atoms with Crippen LogP contribution in [0.2, 0.25) is 0 Å². The molecule has 0 aliphatic rings. The molecule has 20 heavy (non-hydrogen) atoms. The first-order valence-electron chi connectivity index (χ1n) is 8.04. The van der Waals surface area contributed by atoms with Crippen molar-refractivity contribution < 1.29 is 14.3 Å². The van der Waals surface area contributed by atoms with Crippen molar-refractivity contribution in [1.29, 1.82) is 0 Å². The molecule has 4 nitrogen and oxygen atoms in total. The molecule has 0 rings (SSSR count). The molecule has 1 N–H and O–H groups in total. The van der Waals surface area contributed by atoms with Crippen molar-refractivity contribution in [3.63, 3.8) is 0 Å². The SMILES string of the molecule is CCCCCCC(CCCCCC)C(=O)NC(=O)OC. The summed E-state index contributed by atoms with van der Waals surface area (Å²) in [4.78, 5) is 23.2. The first-order chi connectivity index (χ1) is 9.65. The van der Waals surface area contributed by atoms with E-state index in [1.807, 2.05) is 0 Å². The number of nitrogens with one attached hydrogen (secondary N) is 1. The van der Waals surface area contributed by atoms with Crippen LogP contribution in [-0.2, 0) is 9.53 Å². The molecule has 0 aromatic carbocycles. The Morgan fingerprint density at radius 2 is 1.40 bits per heavy atom. The summed E-state index contributed by atoms with van der Waals surface area (Å²) in [7, 11) is 1.28. The van der Waals surface area contributed by atoms with Gasteiger partial charge < -0.3 is 4.74 Å². The molecule has 0 heterocycles. The quantitative estimate of drug-likeness (QED) is 0.571. The van der Waals surface area contributed by atoms with Gasteiger partial charge >= 0.3 is 6.09 Å². The summed E-state index contributed by atoms with van der Waals surface area (Å²) in [5.41, 5.74) is 0. The zero-order valence-electron chi connectivity index (χ0n) is 13.4. The number of ether oxygens (including phenoxy) is 1. The second-order valence-electron chi connectivity index (χ2n) is 5.38. The zero-order valence-corrected chi connectivity index (χ0v) is 13.4. The summed E-state index contributed by atoms with van der Waals surface area (Å²) in [6.07, 6.45) is 10.3. The van der Waals surface area contributed by atoms with Crippen molar-refractivity contribution in [3.05, 3.63) is 0 Å². The predicted molar refractivity (Wildman–Crippen MR) is 81.6 cm³/mol. The Hall–Kier alpha value is -1.06. The van der Waals surface area contributed by atoms with Gasteiger partial charge in [0.25, 0.3) is 0 Å². The standard InChI is InChI=1S/C16H31NO3/c1-4-6-8-10-12-14(13-11-9-7-5-2)15(18)17-16(19)20-3/h14H,4-13H2,1-3H3,(H,17,18,19). The van der Waals surface area contributed by atoms with Gasteiger partial charge in [0.1, 0.15) is 0 Å². The van der Waals surface area contributed by atoms with Crippen LogP contribution in [0.3, 0.4) is 0 Å². The Kier molecular flexibility index (Phi) is 12.3. The van der Waals surface area contributed by atoms with Crippen molar-refractivity contribution in [2.45, 2.75) is 78.1 Å². The first-order valence-corrected chi connectivity index (χ1v) is 8.04. The molecule has 0 atom stereocenters. The van der Waals surface area contributed by atoms with Gasteiger partial charge in [0.2, 0.25) is 5.91 Å². The molecule has 0 radical (unpaired) electrons. The van der Waals surface area contributed by atoms with E-state index in [1.54, 1.807) is 0 Å². The van der Waals surface area contributed by atoms with Crippen molar-refractivity contribution in [3.8, 4) is 0 Å². The maximum absolute atomic E-state index is 12.0. The summed E-state index contributed by atoms with van der Waals surface area (Å²) in [6, 6.07) is 0. The molecule has 4 heteroatoms. The van der Waals surface area contributed by atoms with Crippen LogP contribution in [0, 0.1) is 5.92 Å². The maximum Gasteiger partial charge on any atom is 0.413 e. The molecule has 0 saturated heterocycles. The van der Waals surface area contributed by atoms with Crippen molar-refractivity contribution >= 4 is 12.0 Å². The highest BCUT2D eigenvalue weighted by molar-refractivity contribution is 5.92. The molecule has 0 aromatic heterocycles. The molecular formula is C16H31NO3. The van der Waals surface area contributed by atoms with Gasteiger partial charge in [-0.25, -0.2) is 4.79 Å². The molecule has 0 spiro atoms. The maximum atomic E-state index is 12.0. The molecule has 0 saturated carbocycles. The van der Waals surface area contributed by atoms with Crippen LogP contribution < -0.4 is 5.32 Å². The van der Waals surface area contributed by atoms with E-state index < -0.39 is 6.09 Å². The van der Waals surface area contributed by atoms with Gasteiger partial charge in [-0.2, -0.15) is 0 Å². The Bertz CT molecular complexity index is 254. The van der Waals surface area contributed by atoms with Gasteiger partial charge in [0.15, 0.2) is 0 Å². The number of imide groups is 1. The van der Waals surface area contributed by atoms with Crippen molar-refractivity contribution in [2.24, 2.45) is 5.92 Å². The summed E-state index contributed by atoms with van der Waals surface area (Å²) in [6.45, 7) is 4.35. The van der Waals surface area contributed by atoms with Gasteiger partial charge in [0, 0.05) is 5.92 Å².